The summed E-state index contributed by atoms with van der Waals surface area (Å²) in [5.74, 6) is 0. The first-order valence-corrected chi connectivity index (χ1v) is 17.6. The first kappa shape index (κ1) is 25.5. The van der Waals surface area contributed by atoms with Gasteiger partial charge >= 0.3 is 0 Å². The van der Waals surface area contributed by atoms with Gasteiger partial charge in [-0.1, -0.05) is 109 Å². The number of hydrogen-bond acceptors (Lipinski definition) is 3. The fourth-order valence-electron chi connectivity index (χ4n) is 7.02. The molecule has 0 aliphatic carbocycles. The van der Waals surface area contributed by atoms with Crippen molar-refractivity contribution in [3.8, 4) is 33.4 Å². The summed E-state index contributed by atoms with van der Waals surface area (Å²) in [5, 5.41) is 8.00. The van der Waals surface area contributed by atoms with E-state index in [4.69, 9.17) is 0 Å². The molecule has 3 heterocycles. The molecule has 0 nitrogen and oxygen atoms in total. The quantitative estimate of drug-likeness (QED) is 0.183. The molecule has 45 heavy (non-hydrogen) atoms. The van der Waals surface area contributed by atoms with E-state index in [-0.39, 0.29) is 0 Å². The summed E-state index contributed by atoms with van der Waals surface area (Å²) in [7, 11) is 0. The van der Waals surface area contributed by atoms with Crippen molar-refractivity contribution >= 4 is 94.5 Å². The molecule has 0 spiro atoms. The monoisotopic (exact) mass is 624 g/mol. The normalized spacial score (nSPS) is 12.0. The first-order valence-electron chi connectivity index (χ1n) is 15.2. The van der Waals surface area contributed by atoms with Gasteiger partial charge in [0.1, 0.15) is 0 Å². The zero-order chi connectivity index (χ0) is 29.5. The summed E-state index contributed by atoms with van der Waals surface area (Å²) in [6, 6.07) is 54.1. The van der Waals surface area contributed by atoms with E-state index in [0.29, 0.717) is 0 Å². The van der Waals surface area contributed by atoms with Crippen LogP contribution in [0.15, 0.2) is 146 Å². The highest BCUT2D eigenvalue weighted by molar-refractivity contribution is 7.27. The lowest BCUT2D eigenvalue weighted by molar-refractivity contribution is 1.63. The second-order valence-corrected chi connectivity index (χ2v) is 14.8. The average Bonchev–Trinajstić information content (AvgIpc) is 3.79. The zero-order valence-electron chi connectivity index (χ0n) is 24.1. The highest BCUT2D eigenvalue weighted by Gasteiger charge is 2.17. The highest BCUT2D eigenvalue weighted by Crippen LogP contribution is 2.46. The van der Waals surface area contributed by atoms with E-state index in [1.165, 1.54) is 93.9 Å². The van der Waals surface area contributed by atoms with Gasteiger partial charge < -0.3 is 0 Å². The van der Waals surface area contributed by atoms with Gasteiger partial charge in [-0.05, 0) is 69.8 Å². The Hall–Kier alpha value is -4.80. The molecule has 0 bridgehead atoms. The summed E-state index contributed by atoms with van der Waals surface area (Å²) in [4.78, 5) is 0. The van der Waals surface area contributed by atoms with Crippen LogP contribution in [0.1, 0.15) is 0 Å². The van der Waals surface area contributed by atoms with Gasteiger partial charge in [-0.15, -0.1) is 34.0 Å². The SMILES string of the molecule is c1ccc2c(c1)sc1c(-c3cc(-c4cccc5c4sc4ccccc45)cc(-c4cccc5c4sc4ccccc45)c3)cccc12. The first-order chi connectivity index (χ1) is 22.3. The largest absolute Gasteiger partial charge is 0.135 e. The van der Waals surface area contributed by atoms with Crippen molar-refractivity contribution in [1.29, 1.82) is 0 Å². The van der Waals surface area contributed by atoms with Gasteiger partial charge in [0.2, 0.25) is 0 Å². The van der Waals surface area contributed by atoms with Gasteiger partial charge in [0.25, 0.3) is 0 Å². The molecule has 10 rings (SSSR count). The molecular formula is C42H24S3. The Morgan fingerprint density at radius 2 is 0.556 bits per heavy atom. The Morgan fingerprint density at radius 3 is 0.889 bits per heavy atom. The number of thiophene rings is 3. The Balaban J connectivity index is 1.29. The van der Waals surface area contributed by atoms with Crippen LogP contribution in [0.2, 0.25) is 0 Å². The molecule has 3 aromatic heterocycles. The minimum absolute atomic E-state index is 1.26. The summed E-state index contributed by atoms with van der Waals surface area (Å²) in [6.07, 6.45) is 0. The smallest absolute Gasteiger partial charge is 0.0433 e. The van der Waals surface area contributed by atoms with Gasteiger partial charge in [-0.25, -0.2) is 0 Å². The fraction of sp³-hybridized carbons (Fsp3) is 0. The summed E-state index contributed by atoms with van der Waals surface area (Å²) < 4.78 is 8.05. The lowest BCUT2D eigenvalue weighted by Crippen LogP contribution is -1.87. The topological polar surface area (TPSA) is 0 Å². The maximum absolute atomic E-state index is 2.42. The molecule has 0 saturated carbocycles. The van der Waals surface area contributed by atoms with E-state index in [1.54, 1.807) is 0 Å². The van der Waals surface area contributed by atoms with Crippen LogP contribution in [0, 0.1) is 0 Å². The van der Waals surface area contributed by atoms with Gasteiger partial charge in [0, 0.05) is 60.5 Å². The Labute approximate surface area is 272 Å². The molecule has 210 valence electrons. The van der Waals surface area contributed by atoms with Crippen LogP contribution in [-0.2, 0) is 0 Å². The second kappa shape index (κ2) is 9.85. The van der Waals surface area contributed by atoms with E-state index in [1.807, 2.05) is 34.0 Å². The minimum Gasteiger partial charge on any atom is -0.135 e. The average molecular weight is 625 g/mol. The molecule has 7 aromatic carbocycles. The lowest BCUT2D eigenvalue weighted by atomic mass is 9.92. The predicted octanol–water partition coefficient (Wildman–Crippen LogP) is 13.8. The van der Waals surface area contributed by atoms with Crippen LogP contribution in [0.4, 0.5) is 0 Å². The van der Waals surface area contributed by atoms with Crippen LogP contribution in [-0.4, -0.2) is 0 Å². The zero-order valence-corrected chi connectivity index (χ0v) is 26.5. The number of hydrogen-bond donors (Lipinski definition) is 0. The molecule has 0 amide bonds. The van der Waals surface area contributed by atoms with Crippen molar-refractivity contribution < 1.29 is 0 Å². The highest BCUT2D eigenvalue weighted by atomic mass is 32.1. The maximum Gasteiger partial charge on any atom is 0.0433 e. The second-order valence-electron chi connectivity index (χ2n) is 11.6. The minimum atomic E-state index is 1.26. The van der Waals surface area contributed by atoms with Crippen molar-refractivity contribution in [2.24, 2.45) is 0 Å². The fourth-order valence-corrected chi connectivity index (χ4v) is 10.7. The lowest BCUT2D eigenvalue weighted by Gasteiger charge is -2.13. The van der Waals surface area contributed by atoms with Crippen molar-refractivity contribution in [3.63, 3.8) is 0 Å². The molecule has 0 aliphatic rings. The Kier molecular flexibility index (Phi) is 5.59. The molecule has 10 aromatic rings. The molecular weight excluding hydrogens is 601 g/mol. The van der Waals surface area contributed by atoms with Gasteiger partial charge in [-0.2, -0.15) is 0 Å². The molecule has 0 N–H and O–H groups in total. The number of rotatable bonds is 3. The number of benzene rings is 7. The molecule has 0 unspecified atom stereocenters. The molecule has 0 atom stereocenters. The summed E-state index contributed by atoms with van der Waals surface area (Å²) >= 11 is 5.70. The van der Waals surface area contributed by atoms with Crippen molar-refractivity contribution in [1.82, 2.24) is 0 Å². The van der Waals surface area contributed by atoms with E-state index in [0.717, 1.165) is 0 Å². The molecule has 0 fully saturated rings. The van der Waals surface area contributed by atoms with Gasteiger partial charge in [0.05, 0.1) is 0 Å². The van der Waals surface area contributed by atoms with Crippen LogP contribution in [0.3, 0.4) is 0 Å². The summed E-state index contributed by atoms with van der Waals surface area (Å²) in [5.41, 5.74) is 7.67. The Bertz CT molecular complexity index is 2450. The van der Waals surface area contributed by atoms with Crippen molar-refractivity contribution in [2.45, 2.75) is 0 Å². The van der Waals surface area contributed by atoms with Crippen LogP contribution in [0.5, 0.6) is 0 Å². The molecule has 0 aliphatic heterocycles. The van der Waals surface area contributed by atoms with Gasteiger partial charge in [0.15, 0.2) is 0 Å². The van der Waals surface area contributed by atoms with Crippen molar-refractivity contribution in [3.05, 3.63) is 146 Å². The predicted molar refractivity (Wildman–Crippen MR) is 201 cm³/mol. The van der Waals surface area contributed by atoms with E-state index in [2.05, 4.69) is 146 Å². The molecule has 3 heteroatoms. The number of fused-ring (bicyclic) bond motifs is 9. The summed E-state index contributed by atoms with van der Waals surface area (Å²) in [6.45, 7) is 0. The third kappa shape index (κ3) is 3.88. The van der Waals surface area contributed by atoms with Crippen LogP contribution < -0.4 is 0 Å². The standard InChI is InChI=1S/C42H24S3/c1-4-19-37-31(10-1)34-16-7-13-28(40(34)43-37)25-22-26(29-14-8-17-35-32-11-2-5-20-38(32)44-41(29)35)24-27(23-25)30-15-9-18-36-33-12-3-6-21-39(33)45-42(30)36/h1-24H. The van der Waals surface area contributed by atoms with Crippen molar-refractivity contribution in [2.75, 3.05) is 0 Å². The maximum atomic E-state index is 2.42. The van der Waals surface area contributed by atoms with E-state index in [9.17, 15) is 0 Å². The van der Waals surface area contributed by atoms with E-state index < -0.39 is 0 Å². The van der Waals surface area contributed by atoms with E-state index >= 15 is 0 Å². The third-order valence-corrected chi connectivity index (χ3v) is 12.7. The molecule has 0 saturated heterocycles. The Morgan fingerprint density at radius 1 is 0.267 bits per heavy atom. The van der Waals surface area contributed by atoms with Crippen LogP contribution in [0.25, 0.3) is 93.9 Å². The van der Waals surface area contributed by atoms with Gasteiger partial charge in [-0.3, -0.25) is 0 Å². The van der Waals surface area contributed by atoms with Crippen LogP contribution >= 0.6 is 34.0 Å². The molecule has 0 radical (unpaired) electrons. The third-order valence-electron chi connectivity index (χ3n) is 9.08.